The van der Waals surface area contributed by atoms with Crippen molar-refractivity contribution < 1.29 is 14.3 Å². The Morgan fingerprint density at radius 3 is 2.87 bits per heavy atom. The number of benzene rings is 1. The molecule has 1 fully saturated rings. The number of ether oxygens (including phenoxy) is 2. The van der Waals surface area contributed by atoms with Crippen LogP contribution in [0, 0.1) is 15.4 Å². The van der Waals surface area contributed by atoms with Gasteiger partial charge in [0.1, 0.15) is 12.4 Å². The summed E-state index contributed by atoms with van der Waals surface area (Å²) in [7, 11) is 0. The molecule has 0 saturated carbocycles. The lowest BCUT2D eigenvalue weighted by atomic mass is 9.91. The van der Waals surface area contributed by atoms with Gasteiger partial charge in [-0.3, -0.25) is 0 Å². The highest BCUT2D eigenvalue weighted by atomic mass is 127. The van der Waals surface area contributed by atoms with E-state index >= 15 is 0 Å². The number of fused-ring (bicyclic) bond motifs is 1. The summed E-state index contributed by atoms with van der Waals surface area (Å²) >= 11 is 2.28. The van der Waals surface area contributed by atoms with Crippen molar-refractivity contribution in [2.75, 3.05) is 13.2 Å². The predicted molar refractivity (Wildman–Crippen MR) is 96.0 cm³/mol. The second kappa shape index (κ2) is 6.68. The van der Waals surface area contributed by atoms with Gasteiger partial charge in [-0.15, -0.1) is 6.58 Å². The Morgan fingerprint density at radius 1 is 1.39 bits per heavy atom. The largest absolute Gasteiger partial charge is 0.493 e. The number of hydrazine groups is 1. The van der Waals surface area contributed by atoms with Crippen LogP contribution < -0.4 is 10.2 Å². The van der Waals surface area contributed by atoms with Gasteiger partial charge in [0.2, 0.25) is 0 Å². The van der Waals surface area contributed by atoms with Crippen LogP contribution in [0.4, 0.5) is 4.79 Å². The molecule has 1 N–H and O–H groups in total. The van der Waals surface area contributed by atoms with Gasteiger partial charge >= 0.3 is 6.09 Å². The number of carbonyl (C=O) groups excluding carboxylic acids is 1. The maximum absolute atomic E-state index is 12.1. The Kier molecular flexibility index (Phi) is 4.82. The number of amides is 1. The van der Waals surface area contributed by atoms with Crippen LogP contribution in [0.15, 0.2) is 30.9 Å². The average Bonchev–Trinajstić information content (AvgIpc) is 2.89. The SMILES string of the molecule is C=C[C@H]1COc2ccc(I)cc2[C@H]1NN1C(=O)OC[C@@H]1C(C)C. The second-order valence-corrected chi connectivity index (χ2v) is 7.50. The molecule has 2 aliphatic rings. The molecule has 1 aromatic carbocycles. The second-order valence-electron chi connectivity index (χ2n) is 6.26. The summed E-state index contributed by atoms with van der Waals surface area (Å²) in [5, 5.41) is 1.64. The third-order valence-corrected chi connectivity index (χ3v) is 5.09. The fourth-order valence-electron chi connectivity index (χ4n) is 3.00. The highest BCUT2D eigenvalue weighted by molar-refractivity contribution is 14.1. The first-order valence-electron chi connectivity index (χ1n) is 7.78. The molecule has 3 atom stereocenters. The third kappa shape index (κ3) is 3.19. The van der Waals surface area contributed by atoms with Gasteiger partial charge in [-0.25, -0.2) is 15.2 Å². The molecule has 0 unspecified atom stereocenters. The van der Waals surface area contributed by atoms with Crippen molar-refractivity contribution in [2.45, 2.75) is 25.9 Å². The highest BCUT2D eigenvalue weighted by Crippen LogP contribution is 2.37. The zero-order chi connectivity index (χ0) is 16.6. The number of nitrogens with zero attached hydrogens (tertiary/aromatic N) is 1. The lowest BCUT2D eigenvalue weighted by Crippen LogP contribution is -2.51. The molecule has 2 heterocycles. The number of cyclic esters (lactones) is 1. The maximum Gasteiger partial charge on any atom is 0.424 e. The standard InChI is InChI=1S/C17H21IN2O3/c1-4-11-8-22-15-6-5-12(18)7-13(15)16(11)19-20-14(10(2)3)9-23-17(20)21/h4-7,10-11,14,16,19H,1,8-9H2,2-3H3/t11-,14+,16-/m0/s1. The maximum atomic E-state index is 12.1. The molecule has 3 rings (SSSR count). The quantitative estimate of drug-likeness (QED) is 0.589. The minimum atomic E-state index is -0.315. The van der Waals surface area contributed by atoms with Crippen LogP contribution in [-0.4, -0.2) is 30.4 Å². The van der Waals surface area contributed by atoms with Crippen molar-refractivity contribution in [2.24, 2.45) is 11.8 Å². The minimum absolute atomic E-state index is 0.0297. The summed E-state index contributed by atoms with van der Waals surface area (Å²) in [5.41, 5.74) is 4.44. The molecule has 0 radical (unpaired) electrons. The van der Waals surface area contributed by atoms with Crippen LogP contribution in [0.5, 0.6) is 5.75 Å². The number of hydrogen-bond acceptors (Lipinski definition) is 4. The first kappa shape index (κ1) is 16.6. The summed E-state index contributed by atoms with van der Waals surface area (Å²) < 4.78 is 12.2. The van der Waals surface area contributed by atoms with Crippen LogP contribution in [0.25, 0.3) is 0 Å². The number of carbonyl (C=O) groups is 1. The van der Waals surface area contributed by atoms with Gasteiger partial charge < -0.3 is 9.47 Å². The lowest BCUT2D eigenvalue weighted by molar-refractivity contribution is 0.0965. The first-order valence-corrected chi connectivity index (χ1v) is 8.86. The molecular formula is C17H21IN2O3. The van der Waals surface area contributed by atoms with E-state index in [4.69, 9.17) is 9.47 Å². The van der Waals surface area contributed by atoms with Crippen molar-refractivity contribution >= 4 is 28.7 Å². The van der Waals surface area contributed by atoms with Crippen molar-refractivity contribution in [1.29, 1.82) is 0 Å². The van der Waals surface area contributed by atoms with Crippen LogP contribution in [-0.2, 0) is 4.74 Å². The topological polar surface area (TPSA) is 50.8 Å². The van der Waals surface area contributed by atoms with Gasteiger partial charge in [0.05, 0.1) is 18.7 Å². The molecule has 6 heteroatoms. The van der Waals surface area contributed by atoms with Crippen LogP contribution in [0.1, 0.15) is 25.5 Å². The van der Waals surface area contributed by atoms with E-state index in [0.29, 0.717) is 19.1 Å². The number of nitrogens with one attached hydrogen (secondary N) is 1. The van der Waals surface area contributed by atoms with Crippen LogP contribution >= 0.6 is 22.6 Å². The molecular weight excluding hydrogens is 407 g/mol. The van der Waals surface area contributed by atoms with Crippen molar-refractivity contribution in [3.8, 4) is 5.75 Å². The Hall–Kier alpha value is -1.28. The molecule has 124 valence electrons. The van der Waals surface area contributed by atoms with Crippen molar-refractivity contribution in [3.05, 3.63) is 40.0 Å². The summed E-state index contributed by atoms with van der Waals surface area (Å²) in [4.78, 5) is 12.1. The molecule has 0 aliphatic carbocycles. The fourth-order valence-corrected chi connectivity index (χ4v) is 3.52. The van der Waals surface area contributed by atoms with Crippen LogP contribution in [0.3, 0.4) is 0 Å². The van der Waals surface area contributed by atoms with Gasteiger partial charge in [0.25, 0.3) is 0 Å². The normalized spacial score (nSPS) is 26.7. The monoisotopic (exact) mass is 428 g/mol. The summed E-state index contributed by atoms with van der Waals surface area (Å²) in [6.07, 6.45) is 1.57. The smallest absolute Gasteiger partial charge is 0.424 e. The van der Waals surface area contributed by atoms with Gasteiger partial charge in [-0.05, 0) is 46.7 Å². The highest BCUT2D eigenvalue weighted by Gasteiger charge is 2.39. The van der Waals surface area contributed by atoms with Crippen molar-refractivity contribution in [3.63, 3.8) is 0 Å². The number of rotatable bonds is 4. The van der Waals surface area contributed by atoms with Gasteiger partial charge in [-0.1, -0.05) is 19.9 Å². The van der Waals surface area contributed by atoms with E-state index in [-0.39, 0.29) is 24.1 Å². The zero-order valence-electron chi connectivity index (χ0n) is 13.3. The lowest BCUT2D eigenvalue weighted by Gasteiger charge is -2.36. The molecule has 0 aromatic heterocycles. The molecule has 0 spiro atoms. The fraction of sp³-hybridized carbons (Fsp3) is 0.471. The molecule has 1 saturated heterocycles. The molecule has 2 aliphatic heterocycles. The van der Waals surface area contributed by atoms with Crippen molar-refractivity contribution in [1.82, 2.24) is 10.4 Å². The first-order chi connectivity index (χ1) is 11.0. The Morgan fingerprint density at radius 2 is 2.17 bits per heavy atom. The van der Waals surface area contributed by atoms with Crippen LogP contribution in [0.2, 0.25) is 0 Å². The predicted octanol–water partition coefficient (Wildman–Crippen LogP) is 3.51. The zero-order valence-corrected chi connectivity index (χ0v) is 15.4. The molecule has 1 amide bonds. The van der Waals surface area contributed by atoms with E-state index in [0.717, 1.165) is 14.9 Å². The number of halogens is 1. The van der Waals surface area contributed by atoms with E-state index in [1.807, 2.05) is 18.2 Å². The minimum Gasteiger partial charge on any atom is -0.493 e. The summed E-state index contributed by atoms with van der Waals surface area (Å²) in [6.45, 7) is 9.07. The molecule has 1 aromatic rings. The molecule has 5 nitrogen and oxygen atoms in total. The van der Waals surface area contributed by atoms with Gasteiger partial charge in [-0.2, -0.15) is 0 Å². The number of hydrogen-bond donors (Lipinski definition) is 1. The van der Waals surface area contributed by atoms with E-state index < -0.39 is 0 Å². The summed E-state index contributed by atoms with van der Waals surface area (Å²) in [6, 6.07) is 6.06. The van der Waals surface area contributed by atoms with E-state index in [9.17, 15) is 4.79 Å². The van der Waals surface area contributed by atoms with E-state index in [1.165, 1.54) is 0 Å². The summed E-state index contributed by atoms with van der Waals surface area (Å²) in [5.74, 6) is 1.25. The molecule has 23 heavy (non-hydrogen) atoms. The third-order valence-electron chi connectivity index (χ3n) is 4.42. The average molecular weight is 428 g/mol. The van der Waals surface area contributed by atoms with E-state index in [1.54, 1.807) is 5.01 Å². The van der Waals surface area contributed by atoms with Gasteiger partial charge in [0.15, 0.2) is 0 Å². The Balaban J connectivity index is 1.92. The van der Waals surface area contributed by atoms with E-state index in [2.05, 4.69) is 54.5 Å². The Labute approximate surface area is 150 Å². The Bertz CT molecular complexity index is 620. The molecule has 0 bridgehead atoms. The van der Waals surface area contributed by atoms with Gasteiger partial charge in [0, 0.05) is 15.1 Å².